The van der Waals surface area contributed by atoms with Crippen molar-refractivity contribution in [3.05, 3.63) is 77.1 Å². The van der Waals surface area contributed by atoms with Crippen molar-refractivity contribution in [3.8, 4) is 28.6 Å². The van der Waals surface area contributed by atoms with E-state index in [2.05, 4.69) is 26.6 Å². The van der Waals surface area contributed by atoms with Gasteiger partial charge >= 0.3 is 6.18 Å². The van der Waals surface area contributed by atoms with Gasteiger partial charge in [0.2, 0.25) is 0 Å². The summed E-state index contributed by atoms with van der Waals surface area (Å²) in [5, 5.41) is 21.0. The molecule has 0 radical (unpaired) electrons. The van der Waals surface area contributed by atoms with Gasteiger partial charge in [-0.05, 0) is 65.1 Å². The van der Waals surface area contributed by atoms with Crippen LogP contribution in [-0.4, -0.2) is 32.2 Å². The van der Waals surface area contributed by atoms with Crippen LogP contribution in [0.15, 0.2) is 54.9 Å². The van der Waals surface area contributed by atoms with Gasteiger partial charge in [-0.25, -0.2) is 4.98 Å². The zero-order chi connectivity index (χ0) is 27.9. The molecule has 2 aromatic heterocycles. The average Bonchev–Trinajstić information content (AvgIpc) is 3.49. The summed E-state index contributed by atoms with van der Waals surface area (Å²) in [6, 6.07) is 14.3. The van der Waals surface area contributed by atoms with Gasteiger partial charge < -0.3 is 9.88 Å². The number of pyridine rings is 1. The highest BCUT2D eigenvalue weighted by atomic mass is 19.4. The molecule has 5 rings (SSSR count). The topological polar surface area (TPSA) is 99.7 Å². The number of carbonyl (C=O) groups is 1. The lowest BCUT2D eigenvalue weighted by molar-refractivity contribution is -0.138. The van der Waals surface area contributed by atoms with E-state index >= 15 is 0 Å². The molecule has 0 saturated heterocycles. The highest BCUT2D eigenvalue weighted by Crippen LogP contribution is 2.40. The number of alkyl halides is 3. The molecule has 2 aromatic carbocycles. The smallest absolute Gasteiger partial charge is 0.370 e. The van der Waals surface area contributed by atoms with Crippen molar-refractivity contribution >= 4 is 17.5 Å². The Labute approximate surface area is 222 Å². The molecule has 4 aromatic rings. The largest absolute Gasteiger partial charge is 0.416 e. The average molecular weight is 532 g/mol. The van der Waals surface area contributed by atoms with E-state index in [-0.39, 0.29) is 29.4 Å². The molecule has 1 aliphatic heterocycles. The van der Waals surface area contributed by atoms with E-state index < -0.39 is 17.6 Å². The van der Waals surface area contributed by atoms with Crippen molar-refractivity contribution in [1.82, 2.24) is 19.7 Å². The van der Waals surface area contributed by atoms with E-state index in [1.807, 2.05) is 13.8 Å². The number of aromatic nitrogens is 4. The third-order valence-corrected chi connectivity index (χ3v) is 6.46. The van der Waals surface area contributed by atoms with Crippen LogP contribution >= 0.6 is 0 Å². The lowest BCUT2D eigenvalue weighted by Crippen LogP contribution is -2.24. The number of amides is 1. The van der Waals surface area contributed by atoms with E-state index in [0.29, 0.717) is 40.4 Å². The third kappa shape index (κ3) is 4.93. The maximum absolute atomic E-state index is 13.7. The van der Waals surface area contributed by atoms with Crippen LogP contribution in [0.5, 0.6) is 0 Å². The monoisotopic (exact) mass is 531 g/mol. The van der Waals surface area contributed by atoms with E-state index in [1.54, 1.807) is 48.3 Å². The zero-order valence-corrected chi connectivity index (χ0v) is 21.4. The number of rotatable bonds is 6. The van der Waals surface area contributed by atoms with Crippen molar-refractivity contribution in [2.45, 2.75) is 26.6 Å². The summed E-state index contributed by atoms with van der Waals surface area (Å²) >= 11 is 0. The minimum Gasteiger partial charge on any atom is -0.370 e. The van der Waals surface area contributed by atoms with Gasteiger partial charge in [0.1, 0.15) is 18.0 Å². The molecule has 0 saturated carbocycles. The van der Waals surface area contributed by atoms with Gasteiger partial charge in [-0.3, -0.25) is 9.69 Å². The summed E-state index contributed by atoms with van der Waals surface area (Å²) < 4.78 is 42.9. The fourth-order valence-electron chi connectivity index (χ4n) is 4.57. The predicted molar refractivity (Wildman–Crippen MR) is 140 cm³/mol. The standard InChI is InChI=1S/C28H24F3N7O/c1-16(2)13-33-24-10-18(21-9-17(12-32)7-8-19(21)26-36-34-15-37(26)3)11-25(35-24)38-14-22-20(27(38)39)5-4-6-23(22)28(29,30)31/h4-11,15-16H,13-14H2,1-3H3,(H,33,35). The molecule has 1 N–H and O–H groups in total. The van der Waals surface area contributed by atoms with Crippen LogP contribution in [0.2, 0.25) is 0 Å². The molecule has 3 heterocycles. The highest BCUT2D eigenvalue weighted by Gasteiger charge is 2.40. The molecule has 39 heavy (non-hydrogen) atoms. The Hall–Kier alpha value is -4.72. The van der Waals surface area contributed by atoms with Crippen LogP contribution < -0.4 is 10.2 Å². The Balaban J connectivity index is 1.67. The number of fused-ring (bicyclic) bond motifs is 1. The number of nitrogens with one attached hydrogen (secondary N) is 1. The van der Waals surface area contributed by atoms with E-state index in [9.17, 15) is 23.2 Å². The molecule has 0 aliphatic carbocycles. The van der Waals surface area contributed by atoms with Crippen LogP contribution in [0.4, 0.5) is 24.8 Å². The van der Waals surface area contributed by atoms with E-state index in [0.717, 1.165) is 6.07 Å². The van der Waals surface area contributed by atoms with Crippen LogP contribution in [0.3, 0.4) is 0 Å². The number of nitriles is 1. The molecule has 0 atom stereocenters. The van der Waals surface area contributed by atoms with Crippen LogP contribution in [0, 0.1) is 17.2 Å². The molecular weight excluding hydrogens is 507 g/mol. The second-order valence-corrected chi connectivity index (χ2v) is 9.73. The number of hydrogen-bond acceptors (Lipinski definition) is 6. The molecule has 1 amide bonds. The van der Waals surface area contributed by atoms with Crippen LogP contribution in [0.25, 0.3) is 22.5 Å². The van der Waals surface area contributed by atoms with E-state index in [1.165, 1.54) is 17.0 Å². The van der Waals surface area contributed by atoms with Crippen molar-refractivity contribution in [1.29, 1.82) is 5.26 Å². The Kier molecular flexibility index (Phi) is 6.56. The van der Waals surface area contributed by atoms with Gasteiger partial charge in [0, 0.05) is 24.7 Å². The first kappa shape index (κ1) is 25.9. The fraction of sp³-hybridized carbons (Fsp3) is 0.250. The summed E-state index contributed by atoms with van der Waals surface area (Å²) in [6.45, 7) is 4.37. The molecular formula is C28H24F3N7O. The second kappa shape index (κ2) is 9.87. The van der Waals surface area contributed by atoms with Gasteiger partial charge in [0.05, 0.1) is 23.7 Å². The Morgan fingerprint density at radius 3 is 2.56 bits per heavy atom. The molecule has 8 nitrogen and oxygen atoms in total. The Bertz CT molecular complexity index is 1620. The Morgan fingerprint density at radius 1 is 1.10 bits per heavy atom. The zero-order valence-electron chi connectivity index (χ0n) is 21.4. The number of aryl methyl sites for hydroxylation is 1. The first-order valence-corrected chi connectivity index (χ1v) is 12.2. The van der Waals surface area contributed by atoms with Crippen molar-refractivity contribution in [2.75, 3.05) is 16.8 Å². The minimum absolute atomic E-state index is 0.0000284. The number of hydrogen-bond donors (Lipinski definition) is 1. The molecule has 0 unspecified atom stereocenters. The highest BCUT2D eigenvalue weighted by molar-refractivity contribution is 6.10. The van der Waals surface area contributed by atoms with Gasteiger partial charge in [-0.2, -0.15) is 18.4 Å². The lowest BCUT2D eigenvalue weighted by atomic mass is 9.97. The summed E-state index contributed by atoms with van der Waals surface area (Å²) in [4.78, 5) is 19.2. The summed E-state index contributed by atoms with van der Waals surface area (Å²) in [5.41, 5.74) is 1.44. The quantitative estimate of drug-likeness (QED) is 0.345. The van der Waals surface area contributed by atoms with Gasteiger partial charge in [-0.15, -0.1) is 10.2 Å². The number of halogens is 3. The molecule has 0 bridgehead atoms. The number of benzene rings is 2. The third-order valence-electron chi connectivity index (χ3n) is 6.46. The van der Waals surface area contributed by atoms with E-state index in [4.69, 9.17) is 0 Å². The first-order valence-electron chi connectivity index (χ1n) is 12.2. The maximum atomic E-state index is 13.7. The summed E-state index contributed by atoms with van der Waals surface area (Å²) in [6.07, 6.45) is -3.03. The normalized spacial score (nSPS) is 13.1. The number of carbonyl (C=O) groups excluding carboxylic acids is 1. The number of nitrogens with zero attached hydrogens (tertiary/aromatic N) is 6. The minimum atomic E-state index is -4.59. The molecule has 0 fully saturated rings. The molecule has 198 valence electrons. The van der Waals surface area contributed by atoms with Crippen LogP contribution in [0.1, 0.15) is 40.9 Å². The lowest BCUT2D eigenvalue weighted by Gasteiger charge is -2.19. The van der Waals surface area contributed by atoms with Gasteiger partial charge in [0.15, 0.2) is 5.82 Å². The second-order valence-electron chi connectivity index (χ2n) is 9.73. The predicted octanol–water partition coefficient (Wildman–Crippen LogP) is 5.66. The van der Waals surface area contributed by atoms with Gasteiger partial charge in [-0.1, -0.05) is 19.9 Å². The molecule has 1 aliphatic rings. The van der Waals surface area contributed by atoms with Crippen molar-refractivity contribution < 1.29 is 18.0 Å². The van der Waals surface area contributed by atoms with Crippen LogP contribution in [-0.2, 0) is 19.8 Å². The number of anilines is 2. The Morgan fingerprint density at radius 2 is 1.90 bits per heavy atom. The fourth-order valence-corrected chi connectivity index (χ4v) is 4.57. The summed E-state index contributed by atoms with van der Waals surface area (Å²) in [5.74, 6) is 0.919. The molecule has 0 spiro atoms. The maximum Gasteiger partial charge on any atom is 0.416 e. The van der Waals surface area contributed by atoms with Gasteiger partial charge in [0.25, 0.3) is 5.91 Å². The van der Waals surface area contributed by atoms with Crippen molar-refractivity contribution in [3.63, 3.8) is 0 Å². The molecule has 11 heteroatoms. The SMILES string of the molecule is CC(C)CNc1cc(-c2cc(C#N)ccc2-c2nncn2C)cc(N2Cc3c(cccc3C(F)(F)F)C2=O)n1. The first-order chi connectivity index (χ1) is 18.6. The summed E-state index contributed by atoms with van der Waals surface area (Å²) in [7, 11) is 1.79. The van der Waals surface area contributed by atoms with Crippen molar-refractivity contribution in [2.24, 2.45) is 13.0 Å².